The Balaban J connectivity index is 1.19. The quantitative estimate of drug-likeness (QED) is 0.136. The first-order chi connectivity index (χ1) is 23.9. The van der Waals surface area contributed by atoms with Crippen molar-refractivity contribution in [3.05, 3.63) is 129 Å². The number of rotatable bonds is 11. The van der Waals surface area contributed by atoms with Crippen LogP contribution in [0.15, 0.2) is 106 Å². The summed E-state index contributed by atoms with van der Waals surface area (Å²) in [6.07, 6.45) is 1.95. The van der Waals surface area contributed by atoms with Crippen molar-refractivity contribution in [3.8, 4) is 0 Å². The Morgan fingerprint density at radius 3 is 2.29 bits per heavy atom. The molecule has 3 atom stereocenters. The second-order valence-corrected chi connectivity index (χ2v) is 15.6. The van der Waals surface area contributed by atoms with Gasteiger partial charge in [-0.15, -0.1) is 23.1 Å². The Labute approximate surface area is 296 Å². The van der Waals surface area contributed by atoms with Gasteiger partial charge in [0.25, 0.3) is 5.91 Å². The van der Waals surface area contributed by atoms with E-state index in [0.717, 1.165) is 46.5 Å². The number of β-lactam (4-membered cyclic amide) rings is 1. The number of hydrogen-bond acceptors (Lipinski definition) is 9. The van der Waals surface area contributed by atoms with Gasteiger partial charge in [-0.1, -0.05) is 103 Å². The Kier molecular flexibility index (Phi) is 9.88. The van der Waals surface area contributed by atoms with Gasteiger partial charge in [0, 0.05) is 21.5 Å². The van der Waals surface area contributed by atoms with Crippen molar-refractivity contribution in [2.45, 2.75) is 59.9 Å². The van der Waals surface area contributed by atoms with Gasteiger partial charge in [-0.05, 0) is 36.0 Å². The van der Waals surface area contributed by atoms with E-state index >= 15 is 0 Å². The molecule has 2 aliphatic heterocycles. The van der Waals surface area contributed by atoms with Crippen molar-refractivity contribution in [2.24, 2.45) is 0 Å². The van der Waals surface area contributed by atoms with Crippen LogP contribution in [-0.4, -0.2) is 55.9 Å². The first-order valence-corrected chi connectivity index (χ1v) is 18.7. The number of hydrogen-bond donors (Lipinski definition) is 2. The number of carboxylic acid groups (broad SMARTS) is 1. The average molecular weight is 712 g/mol. The minimum Gasteiger partial charge on any atom is -0.481 e. The van der Waals surface area contributed by atoms with Crippen molar-refractivity contribution in [3.63, 3.8) is 0 Å². The zero-order chi connectivity index (χ0) is 33.9. The highest BCUT2D eigenvalue weighted by atomic mass is 32.2. The van der Waals surface area contributed by atoms with Gasteiger partial charge in [0.05, 0.1) is 18.5 Å². The molecule has 12 heteroatoms. The number of aromatic nitrogens is 1. The highest BCUT2D eigenvalue weighted by molar-refractivity contribution is 8.07. The van der Waals surface area contributed by atoms with E-state index < -0.39 is 29.5 Å². The number of thioether (sulfide) groups is 2. The Morgan fingerprint density at radius 1 is 0.980 bits per heavy atom. The van der Waals surface area contributed by atoms with E-state index in [1.54, 1.807) is 0 Å². The third-order valence-corrected chi connectivity index (χ3v) is 12.5. The van der Waals surface area contributed by atoms with Gasteiger partial charge >= 0.3 is 11.9 Å². The van der Waals surface area contributed by atoms with Crippen LogP contribution in [0, 0.1) is 0 Å². The predicted molar refractivity (Wildman–Crippen MR) is 189 cm³/mol. The molecule has 1 fully saturated rings. The molecule has 3 aromatic carbocycles. The fourth-order valence-electron chi connectivity index (χ4n) is 6.46. The lowest BCUT2D eigenvalue weighted by atomic mass is 9.89. The lowest BCUT2D eigenvalue weighted by Crippen LogP contribution is -2.70. The van der Waals surface area contributed by atoms with Gasteiger partial charge in [-0.2, -0.15) is 0 Å². The molecule has 9 nitrogen and oxygen atoms in total. The van der Waals surface area contributed by atoms with E-state index in [0.29, 0.717) is 15.0 Å². The van der Waals surface area contributed by atoms with Crippen LogP contribution in [0.2, 0.25) is 0 Å². The van der Waals surface area contributed by atoms with Crippen molar-refractivity contribution in [1.29, 1.82) is 0 Å². The Hall–Kier alpha value is -4.39. The molecular weight excluding hydrogens is 679 g/mol. The van der Waals surface area contributed by atoms with E-state index in [4.69, 9.17) is 9.72 Å². The molecule has 49 heavy (non-hydrogen) atoms. The van der Waals surface area contributed by atoms with Crippen molar-refractivity contribution >= 4 is 58.6 Å². The maximum absolute atomic E-state index is 14.4. The highest BCUT2D eigenvalue weighted by Gasteiger charge is 2.55. The van der Waals surface area contributed by atoms with Crippen LogP contribution < -0.4 is 5.32 Å². The molecule has 1 aliphatic carbocycles. The minimum absolute atomic E-state index is 0.0265. The molecule has 2 amide bonds. The summed E-state index contributed by atoms with van der Waals surface area (Å²) in [4.78, 5) is 60.7. The van der Waals surface area contributed by atoms with E-state index in [2.05, 4.69) is 5.32 Å². The summed E-state index contributed by atoms with van der Waals surface area (Å²) in [5.41, 5.74) is 3.39. The summed E-state index contributed by atoms with van der Waals surface area (Å²) in [6, 6.07) is 27.5. The lowest BCUT2D eigenvalue weighted by molar-refractivity contribution is -0.154. The Morgan fingerprint density at radius 2 is 1.63 bits per heavy atom. The number of nitrogens with zero attached hydrogens (tertiary/aromatic N) is 2. The van der Waals surface area contributed by atoms with E-state index in [1.807, 2.05) is 91.0 Å². The normalized spacial score (nSPS) is 19.9. The van der Waals surface area contributed by atoms with Gasteiger partial charge < -0.3 is 15.2 Å². The number of aryl methyl sites for hydroxylation is 1. The molecule has 4 aromatic rings. The zero-order valence-electron chi connectivity index (χ0n) is 26.3. The number of esters is 1. The molecule has 3 aliphatic rings. The molecule has 2 N–H and O–H groups in total. The largest absolute Gasteiger partial charge is 0.481 e. The molecule has 0 saturated carbocycles. The second kappa shape index (κ2) is 14.6. The number of benzene rings is 3. The summed E-state index contributed by atoms with van der Waals surface area (Å²) in [7, 11) is 0. The van der Waals surface area contributed by atoms with Crippen LogP contribution in [0.4, 0.5) is 0 Å². The van der Waals surface area contributed by atoms with Gasteiger partial charge in [-0.3, -0.25) is 19.3 Å². The van der Waals surface area contributed by atoms with Gasteiger partial charge in [0.1, 0.15) is 17.1 Å². The first-order valence-electron chi connectivity index (χ1n) is 16.1. The van der Waals surface area contributed by atoms with E-state index in [1.165, 1.54) is 39.8 Å². The summed E-state index contributed by atoms with van der Waals surface area (Å²) < 4.78 is 6.98. The first kappa shape index (κ1) is 33.1. The third-order valence-electron chi connectivity index (χ3n) is 8.76. The number of ether oxygens (including phenoxy) is 1. The molecular formula is C37H33N3O6S3. The van der Waals surface area contributed by atoms with Crippen molar-refractivity contribution < 1.29 is 29.0 Å². The minimum atomic E-state index is -0.851. The van der Waals surface area contributed by atoms with Crippen molar-refractivity contribution in [2.75, 3.05) is 5.75 Å². The number of nitrogens with one attached hydrogen (secondary N) is 1. The van der Waals surface area contributed by atoms with Crippen molar-refractivity contribution in [1.82, 2.24) is 15.2 Å². The predicted octanol–water partition coefficient (Wildman–Crippen LogP) is 6.32. The molecule has 250 valence electrons. The second-order valence-electron chi connectivity index (χ2n) is 12.1. The SMILES string of the molecule is O=C(O)CC1CCCc2sc(SC3=C(C(=O)OC(c4ccccc4)c4ccccc4)N4C(=O)[C@@H](NC(=O)Cc5ccccc5)[C@@H]4SC3)nc21. The zero-order valence-corrected chi connectivity index (χ0v) is 28.8. The Bertz CT molecular complexity index is 1860. The number of carbonyl (C=O) groups excluding carboxylic acids is 3. The third kappa shape index (κ3) is 7.17. The average Bonchev–Trinajstić information content (AvgIpc) is 3.54. The van der Waals surface area contributed by atoms with E-state index in [9.17, 15) is 24.3 Å². The fraction of sp³-hybridized carbons (Fsp3) is 0.270. The van der Waals surface area contributed by atoms with E-state index in [-0.39, 0.29) is 36.3 Å². The highest BCUT2D eigenvalue weighted by Crippen LogP contribution is 2.48. The summed E-state index contributed by atoms with van der Waals surface area (Å²) in [5.74, 6) is -1.88. The monoisotopic (exact) mass is 711 g/mol. The molecule has 0 spiro atoms. The van der Waals surface area contributed by atoms with Crippen LogP contribution in [0.3, 0.4) is 0 Å². The number of amides is 2. The number of thiazole rings is 1. The standard InChI is InChI=1S/C37H33N3O6S3/c41-28(19-22-11-4-1-5-12-22)38-31-34(44)40-32(36(45)46-33(23-13-6-2-7-14-23)24-15-8-3-9-16-24)27(21-47-35(31)40)49-37-39-30-25(20-29(42)43)17-10-18-26(30)48-37/h1-9,11-16,25,31,33,35H,10,17-21H2,(H,38,41)(H,42,43)/t25?,31-,35+/m1/s1. The summed E-state index contributed by atoms with van der Waals surface area (Å²) in [6.45, 7) is 0. The summed E-state index contributed by atoms with van der Waals surface area (Å²) >= 11 is 4.32. The lowest BCUT2D eigenvalue weighted by Gasteiger charge is -2.49. The number of aliphatic carboxylic acids is 1. The van der Waals surface area contributed by atoms with Crippen LogP contribution >= 0.6 is 34.9 Å². The number of carbonyl (C=O) groups is 4. The molecule has 3 heterocycles. The molecule has 0 radical (unpaired) electrons. The maximum Gasteiger partial charge on any atom is 0.356 e. The fourth-order valence-corrected chi connectivity index (χ4v) is 10.4. The molecule has 1 aromatic heterocycles. The van der Waals surface area contributed by atoms with Crippen LogP contribution in [0.1, 0.15) is 58.5 Å². The topological polar surface area (TPSA) is 126 Å². The van der Waals surface area contributed by atoms with Gasteiger partial charge in [0.2, 0.25) is 5.91 Å². The molecule has 7 rings (SSSR count). The maximum atomic E-state index is 14.4. The smallest absolute Gasteiger partial charge is 0.356 e. The van der Waals surface area contributed by atoms with Gasteiger partial charge in [-0.25, -0.2) is 9.78 Å². The van der Waals surface area contributed by atoms with Gasteiger partial charge in [0.15, 0.2) is 10.4 Å². The molecule has 0 bridgehead atoms. The van der Waals surface area contributed by atoms with Crippen LogP contribution in [0.5, 0.6) is 0 Å². The van der Waals surface area contributed by atoms with Crippen LogP contribution in [-0.2, 0) is 36.8 Å². The summed E-state index contributed by atoms with van der Waals surface area (Å²) in [5, 5.41) is 11.9. The number of carboxylic acids is 1. The molecule has 1 unspecified atom stereocenters. The van der Waals surface area contributed by atoms with Crippen LogP contribution in [0.25, 0.3) is 0 Å². The molecule has 1 saturated heterocycles. The number of fused-ring (bicyclic) bond motifs is 2.